The standard InChI is InChI=1S/C17H34N2/c1-2-3-4-5-6-7-8-17(19-18)13-16-12-14-9-10-15(16)11-14/h14-17,19H,2-13,18H2,1H3. The smallest absolute Gasteiger partial charge is 0.0213 e. The molecule has 4 atom stereocenters. The molecular formula is C17H34N2. The number of hydrogen-bond donors (Lipinski definition) is 2. The van der Waals surface area contributed by atoms with Crippen LogP contribution in [0, 0.1) is 17.8 Å². The first-order chi connectivity index (χ1) is 9.33. The van der Waals surface area contributed by atoms with Crippen molar-refractivity contribution in [1.29, 1.82) is 0 Å². The van der Waals surface area contributed by atoms with Crippen molar-refractivity contribution in [2.24, 2.45) is 23.6 Å². The van der Waals surface area contributed by atoms with Gasteiger partial charge in [0.1, 0.15) is 0 Å². The van der Waals surface area contributed by atoms with E-state index < -0.39 is 0 Å². The number of nitrogens with one attached hydrogen (secondary N) is 1. The van der Waals surface area contributed by atoms with Gasteiger partial charge in [-0.05, 0) is 49.9 Å². The van der Waals surface area contributed by atoms with Gasteiger partial charge in [-0.25, -0.2) is 0 Å². The van der Waals surface area contributed by atoms with E-state index in [0.717, 1.165) is 17.8 Å². The first-order valence-corrected chi connectivity index (χ1v) is 8.79. The molecule has 2 nitrogen and oxygen atoms in total. The molecule has 2 rings (SSSR count). The van der Waals surface area contributed by atoms with Gasteiger partial charge in [0, 0.05) is 6.04 Å². The van der Waals surface area contributed by atoms with Gasteiger partial charge in [0.2, 0.25) is 0 Å². The summed E-state index contributed by atoms with van der Waals surface area (Å²) in [7, 11) is 0. The van der Waals surface area contributed by atoms with Crippen LogP contribution in [0.15, 0.2) is 0 Å². The molecule has 2 saturated carbocycles. The van der Waals surface area contributed by atoms with Crippen LogP contribution in [-0.4, -0.2) is 6.04 Å². The topological polar surface area (TPSA) is 38.0 Å². The maximum Gasteiger partial charge on any atom is 0.0213 e. The van der Waals surface area contributed by atoms with Gasteiger partial charge in [0.25, 0.3) is 0 Å². The minimum Gasteiger partial charge on any atom is -0.271 e. The van der Waals surface area contributed by atoms with Crippen LogP contribution in [0.5, 0.6) is 0 Å². The predicted molar refractivity (Wildman–Crippen MR) is 82.7 cm³/mol. The zero-order valence-corrected chi connectivity index (χ0v) is 12.9. The molecule has 0 radical (unpaired) electrons. The molecule has 0 aromatic carbocycles. The summed E-state index contributed by atoms with van der Waals surface area (Å²) in [5.41, 5.74) is 3.09. The van der Waals surface area contributed by atoms with E-state index in [2.05, 4.69) is 12.3 Å². The average molecular weight is 266 g/mol. The van der Waals surface area contributed by atoms with E-state index in [4.69, 9.17) is 5.84 Å². The summed E-state index contributed by atoms with van der Waals surface area (Å²) in [6.07, 6.45) is 17.0. The zero-order chi connectivity index (χ0) is 13.5. The molecule has 3 N–H and O–H groups in total. The Balaban J connectivity index is 1.56. The Hall–Kier alpha value is -0.0800. The highest BCUT2D eigenvalue weighted by Gasteiger charge is 2.39. The van der Waals surface area contributed by atoms with Gasteiger partial charge in [-0.3, -0.25) is 11.3 Å². The Morgan fingerprint density at radius 3 is 2.47 bits per heavy atom. The minimum atomic E-state index is 0.579. The Kier molecular flexibility index (Phi) is 6.66. The average Bonchev–Trinajstić information content (AvgIpc) is 3.03. The predicted octanol–water partition coefficient (Wildman–Crippen LogP) is 4.40. The SMILES string of the molecule is CCCCCCCCC(CC1CC2CCC1C2)NN. The zero-order valence-electron chi connectivity index (χ0n) is 12.9. The molecular weight excluding hydrogens is 232 g/mol. The number of unbranched alkanes of at least 4 members (excludes halogenated alkanes) is 5. The lowest BCUT2D eigenvalue weighted by atomic mass is 9.83. The second-order valence-corrected chi connectivity index (χ2v) is 7.09. The summed E-state index contributed by atoms with van der Waals surface area (Å²) >= 11 is 0. The molecule has 4 unspecified atom stereocenters. The van der Waals surface area contributed by atoms with Crippen molar-refractivity contribution < 1.29 is 0 Å². The van der Waals surface area contributed by atoms with Crippen LogP contribution in [0.25, 0.3) is 0 Å². The molecule has 0 aliphatic heterocycles. The molecule has 112 valence electrons. The molecule has 2 fully saturated rings. The van der Waals surface area contributed by atoms with Gasteiger partial charge in [-0.2, -0.15) is 0 Å². The first kappa shape index (κ1) is 15.3. The molecule has 2 aliphatic carbocycles. The van der Waals surface area contributed by atoms with Crippen molar-refractivity contribution in [3.63, 3.8) is 0 Å². The summed E-state index contributed by atoms with van der Waals surface area (Å²) < 4.78 is 0. The second-order valence-electron chi connectivity index (χ2n) is 7.09. The van der Waals surface area contributed by atoms with Crippen molar-refractivity contribution in [2.45, 2.75) is 90.0 Å². The van der Waals surface area contributed by atoms with Crippen molar-refractivity contribution in [1.82, 2.24) is 5.43 Å². The van der Waals surface area contributed by atoms with E-state index in [-0.39, 0.29) is 0 Å². The first-order valence-electron chi connectivity index (χ1n) is 8.79. The highest BCUT2D eigenvalue weighted by atomic mass is 15.2. The number of hydrogen-bond acceptors (Lipinski definition) is 2. The molecule has 0 saturated heterocycles. The van der Waals surface area contributed by atoms with E-state index in [1.165, 1.54) is 77.0 Å². The van der Waals surface area contributed by atoms with Gasteiger partial charge in [0.05, 0.1) is 0 Å². The summed E-state index contributed by atoms with van der Waals surface area (Å²) in [4.78, 5) is 0. The maximum absolute atomic E-state index is 5.76. The number of rotatable bonds is 10. The second kappa shape index (κ2) is 8.26. The lowest BCUT2D eigenvalue weighted by Crippen LogP contribution is -2.37. The van der Waals surface area contributed by atoms with Crippen LogP contribution in [0.4, 0.5) is 0 Å². The van der Waals surface area contributed by atoms with Crippen LogP contribution in [-0.2, 0) is 0 Å². The highest BCUT2D eigenvalue weighted by Crippen LogP contribution is 2.50. The molecule has 2 bridgehead atoms. The summed E-state index contributed by atoms with van der Waals surface area (Å²) in [6.45, 7) is 2.28. The molecule has 0 aromatic rings. The van der Waals surface area contributed by atoms with E-state index in [1.54, 1.807) is 0 Å². The fourth-order valence-corrected chi connectivity index (χ4v) is 4.47. The third-order valence-corrected chi connectivity index (χ3v) is 5.61. The molecule has 2 aliphatic rings. The summed E-state index contributed by atoms with van der Waals surface area (Å²) in [5.74, 6) is 8.87. The van der Waals surface area contributed by atoms with Crippen molar-refractivity contribution in [2.75, 3.05) is 0 Å². The van der Waals surface area contributed by atoms with E-state index in [0.29, 0.717) is 6.04 Å². The van der Waals surface area contributed by atoms with Crippen LogP contribution >= 0.6 is 0 Å². The molecule has 0 amide bonds. The van der Waals surface area contributed by atoms with Crippen LogP contribution in [0.3, 0.4) is 0 Å². The molecule has 2 heteroatoms. The molecule has 0 aromatic heterocycles. The van der Waals surface area contributed by atoms with Gasteiger partial charge in [0.15, 0.2) is 0 Å². The van der Waals surface area contributed by atoms with E-state index in [1.807, 2.05) is 0 Å². The summed E-state index contributed by atoms with van der Waals surface area (Å²) in [5, 5.41) is 0. The van der Waals surface area contributed by atoms with Crippen LogP contribution in [0.1, 0.15) is 84.0 Å². The Morgan fingerprint density at radius 1 is 1.05 bits per heavy atom. The van der Waals surface area contributed by atoms with Gasteiger partial charge in [-0.15, -0.1) is 0 Å². The van der Waals surface area contributed by atoms with Crippen molar-refractivity contribution >= 4 is 0 Å². The fourth-order valence-electron chi connectivity index (χ4n) is 4.47. The van der Waals surface area contributed by atoms with Gasteiger partial charge < -0.3 is 0 Å². The van der Waals surface area contributed by atoms with E-state index >= 15 is 0 Å². The quantitative estimate of drug-likeness (QED) is 0.349. The van der Waals surface area contributed by atoms with E-state index in [9.17, 15) is 0 Å². The van der Waals surface area contributed by atoms with Crippen LogP contribution < -0.4 is 11.3 Å². The monoisotopic (exact) mass is 266 g/mol. The van der Waals surface area contributed by atoms with Gasteiger partial charge in [-0.1, -0.05) is 51.9 Å². The van der Waals surface area contributed by atoms with Gasteiger partial charge >= 0.3 is 0 Å². The Morgan fingerprint density at radius 2 is 1.84 bits per heavy atom. The molecule has 0 heterocycles. The number of fused-ring (bicyclic) bond motifs is 2. The number of hydrazine groups is 1. The lowest BCUT2D eigenvalue weighted by Gasteiger charge is -2.26. The van der Waals surface area contributed by atoms with Crippen molar-refractivity contribution in [3.8, 4) is 0 Å². The Labute approximate surface area is 119 Å². The third kappa shape index (κ3) is 4.75. The molecule has 19 heavy (non-hydrogen) atoms. The molecule has 0 spiro atoms. The fraction of sp³-hybridized carbons (Fsp3) is 1.00. The third-order valence-electron chi connectivity index (χ3n) is 5.61. The highest BCUT2D eigenvalue weighted by molar-refractivity contribution is 4.91. The normalized spacial score (nSPS) is 30.9. The lowest BCUT2D eigenvalue weighted by molar-refractivity contribution is 0.269. The minimum absolute atomic E-state index is 0.579. The van der Waals surface area contributed by atoms with Crippen molar-refractivity contribution in [3.05, 3.63) is 0 Å². The number of nitrogens with two attached hydrogens (primary N) is 1. The summed E-state index contributed by atoms with van der Waals surface area (Å²) in [6, 6.07) is 0.579. The maximum atomic E-state index is 5.76. The Bertz CT molecular complexity index is 241. The van der Waals surface area contributed by atoms with Crippen LogP contribution in [0.2, 0.25) is 0 Å². The largest absolute Gasteiger partial charge is 0.271 e.